The fourth-order valence-corrected chi connectivity index (χ4v) is 14.8. The molecular formula is C61H111BrN4O16S2. The normalized spacial score (nSPS) is 23.2. The number of alkyl halides is 1. The van der Waals surface area contributed by atoms with Crippen LogP contribution in [0.1, 0.15) is 141 Å². The Morgan fingerprint density at radius 1 is 0.560 bits per heavy atom. The number of ether oxygens (including phenoxy) is 7. The van der Waals surface area contributed by atoms with Crippen LogP contribution in [0.3, 0.4) is 0 Å². The molecule has 7 aliphatic rings. The van der Waals surface area contributed by atoms with Gasteiger partial charge in [0.25, 0.3) is 20.0 Å². The van der Waals surface area contributed by atoms with Gasteiger partial charge in [-0.3, -0.25) is 19.2 Å². The monoisotopic (exact) mass is 1300 g/mol. The van der Waals surface area contributed by atoms with Crippen molar-refractivity contribution in [2.75, 3.05) is 106 Å². The number of hydrogen-bond acceptors (Lipinski definition) is 16. The molecular weight excluding hydrogens is 1190 g/mol. The number of aliphatic hydroxyl groups is 1. The van der Waals surface area contributed by atoms with Crippen molar-refractivity contribution in [2.45, 2.75) is 178 Å². The topological polar surface area (TPSA) is 252 Å². The minimum Gasteiger partial charge on any atom is -0.394 e. The fraction of sp³-hybridized carbons (Fsp3) is 0.738. The molecule has 20 nitrogen and oxygen atoms in total. The van der Waals surface area contributed by atoms with E-state index in [1.165, 1.54) is 26.4 Å². The predicted octanol–water partition coefficient (Wildman–Crippen LogP) is 9.15. The highest BCUT2D eigenvalue weighted by Crippen LogP contribution is 2.46. The van der Waals surface area contributed by atoms with Crippen molar-refractivity contribution >= 4 is 59.6 Å². The van der Waals surface area contributed by atoms with Gasteiger partial charge in [0.2, 0.25) is 23.6 Å². The number of halogens is 1. The molecule has 2 aromatic rings. The average Bonchev–Trinajstić information content (AvgIpc) is 4.21. The summed E-state index contributed by atoms with van der Waals surface area (Å²) in [5.41, 5.74) is 0.907. The van der Waals surface area contributed by atoms with Crippen molar-refractivity contribution in [3.63, 3.8) is 0 Å². The van der Waals surface area contributed by atoms with Gasteiger partial charge in [0, 0.05) is 78.8 Å². The predicted molar refractivity (Wildman–Crippen MR) is 337 cm³/mol. The molecule has 7 aliphatic heterocycles. The summed E-state index contributed by atoms with van der Waals surface area (Å²) in [6.07, 6.45) is 7.57. The summed E-state index contributed by atoms with van der Waals surface area (Å²) in [5.74, 6) is -0.744. The molecule has 0 bridgehead atoms. The van der Waals surface area contributed by atoms with Crippen LogP contribution in [0.25, 0.3) is 0 Å². The standard InChI is InChI=1S/C17H24BrNO5S.C17H23NO5S.C10H17NO3.C9H15NO3.8CH4/c1-13-3-5-16(6-4-13)25(21,22)19-15(12-23-2)11-14(17(19)20)7-9-24-10-8-18;1-13-3-5-15(6-4-13)24(20,21)18-14(12-22-2)11-17(16(18)19)7-9-23-10-8-17;1-13-7-8-6-10(9(12)11-8)2-4-14-5-3-10;11-6-7-5-9(8(12)10-7)1-3-13-4-2-9;;;;;;;;/h3-6,14-15H,7-12H2,1-2H3;3-6,14H,7-12H2,1-2H3;8H,2-7H2,1H3,(H,11,12);7,11H,1-6H2,(H,10,12);8*1H4. The highest BCUT2D eigenvalue weighted by atomic mass is 79.9. The number of carbonyl (C=O) groups is 4. The molecule has 490 valence electrons. The number of aryl methyl sites for hydroxylation is 2. The van der Waals surface area contributed by atoms with Crippen molar-refractivity contribution in [1.82, 2.24) is 19.2 Å². The van der Waals surface area contributed by atoms with Gasteiger partial charge >= 0.3 is 0 Å². The van der Waals surface area contributed by atoms with Crippen molar-refractivity contribution in [2.24, 2.45) is 22.2 Å². The Morgan fingerprint density at radius 3 is 1.36 bits per heavy atom. The lowest BCUT2D eigenvalue weighted by atomic mass is 9.78. The van der Waals surface area contributed by atoms with E-state index in [1.807, 2.05) is 13.8 Å². The summed E-state index contributed by atoms with van der Waals surface area (Å²) in [5, 5.41) is 15.5. The molecule has 3 N–H and O–H groups in total. The van der Waals surface area contributed by atoms with E-state index >= 15 is 0 Å². The summed E-state index contributed by atoms with van der Waals surface area (Å²) >= 11 is 3.28. The van der Waals surface area contributed by atoms with Crippen LogP contribution >= 0.6 is 15.9 Å². The van der Waals surface area contributed by atoms with E-state index in [0.29, 0.717) is 91.6 Å². The molecule has 9 rings (SSSR count). The van der Waals surface area contributed by atoms with Crippen molar-refractivity contribution in [3.8, 4) is 0 Å². The molecule has 3 spiro atoms. The van der Waals surface area contributed by atoms with Gasteiger partial charge < -0.3 is 48.9 Å². The number of hydrogen-bond donors (Lipinski definition) is 3. The van der Waals surface area contributed by atoms with Gasteiger partial charge in [0.15, 0.2) is 0 Å². The molecule has 0 aromatic heterocycles. The Morgan fingerprint density at radius 2 is 0.952 bits per heavy atom. The van der Waals surface area contributed by atoms with Gasteiger partial charge in [0.05, 0.1) is 83.2 Å². The Labute approximate surface area is 516 Å². The largest absolute Gasteiger partial charge is 0.394 e. The van der Waals surface area contributed by atoms with E-state index in [1.54, 1.807) is 43.5 Å². The minimum absolute atomic E-state index is 0. The lowest BCUT2D eigenvalue weighted by molar-refractivity contribution is -0.137. The zero-order chi connectivity index (χ0) is 55.2. The first-order valence-electron chi connectivity index (χ1n) is 26.2. The lowest BCUT2D eigenvalue weighted by Gasteiger charge is -2.31. The molecule has 84 heavy (non-hydrogen) atoms. The third-order valence-electron chi connectivity index (χ3n) is 15.6. The van der Waals surface area contributed by atoms with E-state index in [4.69, 9.17) is 38.3 Å². The number of aliphatic hydroxyl groups excluding tert-OH is 1. The number of nitrogens with one attached hydrogen (secondary N) is 2. The lowest BCUT2D eigenvalue weighted by Crippen LogP contribution is -2.44. The van der Waals surface area contributed by atoms with E-state index in [9.17, 15) is 36.0 Å². The van der Waals surface area contributed by atoms with Crippen molar-refractivity contribution < 1.29 is 74.3 Å². The number of benzene rings is 2. The zero-order valence-electron chi connectivity index (χ0n) is 44.6. The number of sulfonamides is 2. The SMILES string of the molecule is C.C.C.C.C.C.C.C.COCC1CC(CCOCCBr)C(=O)N1S(=O)(=O)c1ccc(C)cc1.COCC1CC2(CCOCC2)C(=O)N1.COCC1CC2(CCOCC2)C(=O)N1S(=O)(=O)c1ccc(C)cc1.O=C1NC(CO)CC12CCOCC2. The van der Waals surface area contributed by atoms with Crippen LogP contribution in [0, 0.1) is 36.0 Å². The Balaban J connectivity index is -0.00000104. The summed E-state index contributed by atoms with van der Waals surface area (Å²) < 4.78 is 90.9. The van der Waals surface area contributed by atoms with Gasteiger partial charge in [-0.1, -0.05) is 111 Å². The maximum atomic E-state index is 13.1. The summed E-state index contributed by atoms with van der Waals surface area (Å²) in [4.78, 5) is 49.6. The van der Waals surface area contributed by atoms with E-state index in [2.05, 4.69) is 26.6 Å². The molecule has 0 aliphatic carbocycles. The minimum atomic E-state index is -3.89. The molecule has 23 heteroatoms. The van der Waals surface area contributed by atoms with E-state index in [-0.39, 0.29) is 141 Å². The van der Waals surface area contributed by atoms with Gasteiger partial charge in [-0.2, -0.15) is 0 Å². The van der Waals surface area contributed by atoms with Gasteiger partial charge in [-0.05, 0) is 109 Å². The van der Waals surface area contributed by atoms with Crippen LogP contribution in [-0.4, -0.2) is 184 Å². The van der Waals surface area contributed by atoms with E-state index < -0.39 is 37.5 Å². The molecule has 0 saturated carbocycles. The highest BCUT2D eigenvalue weighted by molar-refractivity contribution is 9.09. The summed E-state index contributed by atoms with van der Waals surface area (Å²) in [6, 6.07) is 12.3. The number of amides is 4. The molecule has 4 amide bonds. The fourth-order valence-electron chi connectivity index (χ4n) is 11.3. The zero-order valence-corrected chi connectivity index (χ0v) is 47.9. The van der Waals surface area contributed by atoms with Crippen LogP contribution in [0.15, 0.2) is 58.3 Å². The molecule has 0 radical (unpaired) electrons. The molecule has 7 heterocycles. The Hall–Kier alpha value is -3.62. The smallest absolute Gasteiger partial charge is 0.266 e. The summed E-state index contributed by atoms with van der Waals surface area (Å²) in [6.45, 7) is 9.59. The Bertz CT molecular complexity index is 2450. The third-order valence-corrected chi connectivity index (χ3v) is 19.7. The molecule has 7 saturated heterocycles. The molecule has 7 fully saturated rings. The number of carbonyl (C=O) groups excluding carboxylic acids is 4. The number of methoxy groups -OCH3 is 3. The van der Waals surface area contributed by atoms with Crippen molar-refractivity contribution in [3.05, 3.63) is 59.7 Å². The van der Waals surface area contributed by atoms with E-state index in [0.717, 1.165) is 63.6 Å². The maximum Gasteiger partial charge on any atom is 0.266 e. The third kappa shape index (κ3) is 20.2. The number of nitrogens with zero attached hydrogens (tertiary/aromatic N) is 2. The second kappa shape index (κ2) is 38.6. The second-order valence-corrected chi connectivity index (χ2v) is 25.3. The quantitative estimate of drug-likeness (QED) is 0.105. The first kappa shape index (κ1) is 84.6. The maximum absolute atomic E-state index is 13.1. The molecule has 2 aromatic carbocycles. The van der Waals surface area contributed by atoms with Crippen LogP contribution in [0.4, 0.5) is 0 Å². The van der Waals surface area contributed by atoms with Crippen LogP contribution < -0.4 is 10.6 Å². The first-order valence-corrected chi connectivity index (χ1v) is 30.2. The highest BCUT2D eigenvalue weighted by Gasteiger charge is 2.56. The van der Waals surface area contributed by atoms with Gasteiger partial charge in [-0.15, -0.1) is 0 Å². The van der Waals surface area contributed by atoms with Crippen LogP contribution in [0.2, 0.25) is 0 Å². The molecule has 5 unspecified atom stereocenters. The number of rotatable bonds is 16. The van der Waals surface area contributed by atoms with Gasteiger partial charge in [-0.25, -0.2) is 25.4 Å². The average molecular weight is 1300 g/mol. The van der Waals surface area contributed by atoms with Crippen LogP contribution in [-0.2, 0) is 72.4 Å². The summed E-state index contributed by atoms with van der Waals surface area (Å²) in [7, 11) is -3.08. The Kier molecular flexibility index (Phi) is 38.9. The first-order chi connectivity index (χ1) is 36.4. The van der Waals surface area contributed by atoms with Crippen LogP contribution in [0.5, 0.6) is 0 Å². The second-order valence-electron chi connectivity index (χ2n) is 20.9. The van der Waals surface area contributed by atoms with Gasteiger partial charge in [0.1, 0.15) is 0 Å². The molecule has 5 atom stereocenters. The van der Waals surface area contributed by atoms with Crippen molar-refractivity contribution in [1.29, 1.82) is 0 Å².